The van der Waals surface area contributed by atoms with Crippen molar-refractivity contribution in [3.05, 3.63) is 28.5 Å². The van der Waals surface area contributed by atoms with Crippen molar-refractivity contribution in [2.75, 3.05) is 6.26 Å². The molecule has 0 saturated heterocycles. The Morgan fingerprint density at radius 3 is 2.53 bits per heavy atom. The van der Waals surface area contributed by atoms with Crippen LogP contribution in [0.1, 0.15) is 10.4 Å². The summed E-state index contributed by atoms with van der Waals surface area (Å²) in [5, 5.41) is 0.0600. The standard InChI is InChI=1S/C9H6ClF3OS/c1-15-6-3-4(10)2-5(7(6)11)8(14)9(12)13/h2-3,9H,1H3. The molecule has 0 aliphatic carbocycles. The van der Waals surface area contributed by atoms with E-state index in [2.05, 4.69) is 0 Å². The van der Waals surface area contributed by atoms with E-state index in [1.807, 2.05) is 0 Å². The van der Waals surface area contributed by atoms with Crippen molar-refractivity contribution in [2.45, 2.75) is 11.3 Å². The van der Waals surface area contributed by atoms with Crippen molar-refractivity contribution in [3.63, 3.8) is 0 Å². The number of hydrogen-bond acceptors (Lipinski definition) is 2. The molecular formula is C9H6ClF3OS. The Morgan fingerprint density at radius 1 is 1.47 bits per heavy atom. The molecule has 0 N–H and O–H groups in total. The summed E-state index contributed by atoms with van der Waals surface area (Å²) in [7, 11) is 0. The minimum absolute atomic E-state index is 0.0600. The normalized spacial score (nSPS) is 10.8. The molecule has 1 aromatic rings. The highest BCUT2D eigenvalue weighted by Gasteiger charge is 2.23. The zero-order valence-electron chi connectivity index (χ0n) is 7.56. The minimum atomic E-state index is -3.23. The first-order valence-electron chi connectivity index (χ1n) is 3.82. The van der Waals surface area contributed by atoms with Crippen LogP contribution in [-0.4, -0.2) is 18.5 Å². The Kier molecular flexibility index (Phi) is 4.04. The molecule has 0 fully saturated rings. The van der Waals surface area contributed by atoms with E-state index in [-0.39, 0.29) is 9.92 Å². The molecule has 0 radical (unpaired) electrons. The van der Waals surface area contributed by atoms with Crippen molar-refractivity contribution in [1.29, 1.82) is 0 Å². The van der Waals surface area contributed by atoms with E-state index in [0.717, 1.165) is 17.8 Å². The van der Waals surface area contributed by atoms with Gasteiger partial charge in [0.05, 0.1) is 5.56 Å². The highest BCUT2D eigenvalue weighted by Crippen LogP contribution is 2.27. The van der Waals surface area contributed by atoms with Crippen LogP contribution >= 0.6 is 23.4 Å². The van der Waals surface area contributed by atoms with Crippen LogP contribution in [0.3, 0.4) is 0 Å². The maximum Gasteiger partial charge on any atom is 0.300 e. The summed E-state index contributed by atoms with van der Waals surface area (Å²) in [5.74, 6) is -2.50. The summed E-state index contributed by atoms with van der Waals surface area (Å²) in [6.07, 6.45) is -1.67. The molecule has 0 saturated carbocycles. The predicted molar refractivity (Wildman–Crippen MR) is 53.5 cm³/mol. The number of carbonyl (C=O) groups excluding carboxylic acids is 1. The first-order chi connectivity index (χ1) is 6.97. The van der Waals surface area contributed by atoms with E-state index in [9.17, 15) is 18.0 Å². The van der Waals surface area contributed by atoms with Gasteiger partial charge in [-0.3, -0.25) is 4.79 Å². The average molecular weight is 255 g/mol. The lowest BCUT2D eigenvalue weighted by Gasteiger charge is -2.06. The zero-order valence-corrected chi connectivity index (χ0v) is 9.13. The summed E-state index contributed by atoms with van der Waals surface area (Å²) in [4.78, 5) is 11.0. The van der Waals surface area contributed by atoms with Gasteiger partial charge in [0.1, 0.15) is 5.82 Å². The lowest BCUT2D eigenvalue weighted by atomic mass is 10.1. The Hall–Kier alpha value is -0.680. The molecule has 1 rings (SSSR count). The second-order valence-corrected chi connectivity index (χ2v) is 3.92. The molecule has 1 aromatic carbocycles. The minimum Gasteiger partial charge on any atom is -0.288 e. The first kappa shape index (κ1) is 12.4. The molecule has 0 aliphatic heterocycles. The van der Waals surface area contributed by atoms with Crippen LogP contribution in [0.25, 0.3) is 0 Å². The summed E-state index contributed by atoms with van der Waals surface area (Å²) in [6.45, 7) is 0. The lowest BCUT2D eigenvalue weighted by Crippen LogP contribution is -2.12. The number of rotatable bonds is 3. The van der Waals surface area contributed by atoms with Crippen LogP contribution < -0.4 is 0 Å². The van der Waals surface area contributed by atoms with Crippen LogP contribution in [-0.2, 0) is 0 Å². The van der Waals surface area contributed by atoms with Gasteiger partial charge in [0.2, 0.25) is 5.78 Å². The molecule has 0 aliphatic rings. The SMILES string of the molecule is CSc1cc(Cl)cc(C(=O)C(F)F)c1F. The van der Waals surface area contributed by atoms with E-state index >= 15 is 0 Å². The van der Waals surface area contributed by atoms with Gasteiger partial charge in [0.15, 0.2) is 0 Å². The molecule has 0 unspecified atom stereocenters. The highest BCUT2D eigenvalue weighted by atomic mass is 35.5. The molecule has 0 spiro atoms. The molecule has 0 heterocycles. The summed E-state index contributed by atoms with van der Waals surface area (Å²) in [6, 6.07) is 2.19. The number of halogens is 4. The van der Waals surface area contributed by atoms with Crippen LogP contribution in [0.5, 0.6) is 0 Å². The molecule has 82 valence electrons. The highest BCUT2D eigenvalue weighted by molar-refractivity contribution is 7.98. The predicted octanol–water partition coefficient (Wildman–Crippen LogP) is 3.65. The van der Waals surface area contributed by atoms with Gasteiger partial charge in [-0.25, -0.2) is 13.2 Å². The molecule has 0 aromatic heterocycles. The van der Waals surface area contributed by atoms with Crippen LogP contribution in [0.4, 0.5) is 13.2 Å². The quantitative estimate of drug-likeness (QED) is 0.605. The number of thioether (sulfide) groups is 1. The molecule has 1 nitrogen and oxygen atoms in total. The van der Waals surface area contributed by atoms with E-state index in [1.54, 1.807) is 6.26 Å². The number of hydrogen-bond donors (Lipinski definition) is 0. The van der Waals surface area contributed by atoms with Gasteiger partial charge in [-0.1, -0.05) is 11.6 Å². The van der Waals surface area contributed by atoms with Crippen molar-refractivity contribution < 1.29 is 18.0 Å². The zero-order chi connectivity index (χ0) is 11.6. The smallest absolute Gasteiger partial charge is 0.288 e. The van der Waals surface area contributed by atoms with Gasteiger partial charge in [0, 0.05) is 9.92 Å². The van der Waals surface area contributed by atoms with E-state index in [0.29, 0.717) is 0 Å². The Bertz CT molecular complexity index is 395. The third kappa shape index (κ3) is 2.66. The van der Waals surface area contributed by atoms with Gasteiger partial charge < -0.3 is 0 Å². The molecule has 0 atom stereocenters. The van der Waals surface area contributed by atoms with Crippen molar-refractivity contribution in [2.24, 2.45) is 0 Å². The molecule has 15 heavy (non-hydrogen) atoms. The fourth-order valence-corrected chi connectivity index (χ4v) is 1.83. The number of carbonyl (C=O) groups is 1. The number of alkyl halides is 2. The fraction of sp³-hybridized carbons (Fsp3) is 0.222. The molecular weight excluding hydrogens is 249 g/mol. The van der Waals surface area contributed by atoms with Gasteiger partial charge in [-0.2, -0.15) is 0 Å². The monoisotopic (exact) mass is 254 g/mol. The van der Waals surface area contributed by atoms with Crippen LogP contribution in [0.15, 0.2) is 17.0 Å². The number of benzene rings is 1. The maximum atomic E-state index is 13.4. The van der Waals surface area contributed by atoms with Crippen LogP contribution in [0, 0.1) is 5.82 Å². The first-order valence-corrected chi connectivity index (χ1v) is 5.43. The molecule has 0 bridgehead atoms. The van der Waals surface area contributed by atoms with E-state index < -0.39 is 23.6 Å². The number of ketones is 1. The van der Waals surface area contributed by atoms with Gasteiger partial charge in [0.25, 0.3) is 0 Å². The maximum absolute atomic E-state index is 13.4. The van der Waals surface area contributed by atoms with Crippen molar-refractivity contribution in [1.82, 2.24) is 0 Å². The summed E-state index contributed by atoms with van der Waals surface area (Å²) < 4.78 is 37.6. The average Bonchev–Trinajstić information content (AvgIpc) is 2.19. The van der Waals surface area contributed by atoms with Gasteiger partial charge in [-0.05, 0) is 18.4 Å². The molecule has 0 amide bonds. The Labute approximate surface area is 93.6 Å². The second-order valence-electron chi connectivity index (χ2n) is 2.63. The van der Waals surface area contributed by atoms with Crippen LogP contribution in [0.2, 0.25) is 5.02 Å². The Balaban J connectivity index is 3.29. The van der Waals surface area contributed by atoms with Crippen molar-refractivity contribution >= 4 is 29.1 Å². The third-order valence-electron chi connectivity index (χ3n) is 1.69. The van der Waals surface area contributed by atoms with Gasteiger partial charge >= 0.3 is 6.43 Å². The number of Topliss-reactive ketones (excluding diaryl/α,β-unsaturated/α-hetero) is 1. The lowest BCUT2D eigenvalue weighted by molar-refractivity contribution is 0.0673. The van der Waals surface area contributed by atoms with E-state index in [1.165, 1.54) is 6.07 Å². The Morgan fingerprint density at radius 2 is 2.07 bits per heavy atom. The third-order valence-corrected chi connectivity index (χ3v) is 2.64. The molecule has 6 heteroatoms. The largest absolute Gasteiger partial charge is 0.300 e. The topological polar surface area (TPSA) is 17.1 Å². The fourth-order valence-electron chi connectivity index (χ4n) is 1.01. The van der Waals surface area contributed by atoms with Crippen molar-refractivity contribution in [3.8, 4) is 0 Å². The second kappa shape index (κ2) is 4.90. The summed E-state index contributed by atoms with van der Waals surface area (Å²) in [5.41, 5.74) is -0.665. The van der Waals surface area contributed by atoms with E-state index in [4.69, 9.17) is 11.6 Å². The summed E-state index contributed by atoms with van der Waals surface area (Å²) >= 11 is 6.57. The van der Waals surface area contributed by atoms with Gasteiger partial charge in [-0.15, -0.1) is 11.8 Å².